The summed E-state index contributed by atoms with van der Waals surface area (Å²) in [5, 5.41) is 12.3. The maximum Gasteiger partial charge on any atom is 0.305 e. The molecule has 0 aliphatic heterocycles. The van der Waals surface area contributed by atoms with Crippen LogP contribution >= 0.6 is 0 Å². The van der Waals surface area contributed by atoms with Crippen molar-refractivity contribution in [1.29, 1.82) is 0 Å². The monoisotopic (exact) mass is 186 g/mol. The number of hydrogen-bond acceptors (Lipinski definition) is 2. The highest BCUT2D eigenvalue weighted by molar-refractivity contribution is 5.67. The van der Waals surface area contributed by atoms with E-state index >= 15 is 0 Å². The molecule has 0 saturated carbocycles. The van der Waals surface area contributed by atoms with Gasteiger partial charge < -0.3 is 5.11 Å². The summed E-state index contributed by atoms with van der Waals surface area (Å²) >= 11 is 0. The molecule has 0 fully saturated rings. The third kappa shape index (κ3) is 2.27. The molecule has 0 saturated heterocycles. The fourth-order valence-electron chi connectivity index (χ4n) is 1.08. The molecule has 0 amide bonds. The molecule has 13 heavy (non-hydrogen) atoms. The largest absolute Gasteiger partial charge is 0.481 e. The van der Waals surface area contributed by atoms with Crippen molar-refractivity contribution >= 4 is 5.97 Å². The molecule has 1 N–H and O–H groups in total. The van der Waals surface area contributed by atoms with E-state index in [0.717, 1.165) is 6.20 Å². The number of carboxylic acids is 1. The first kappa shape index (κ1) is 9.70. The molecular formula is C8H11FN2O2. The summed E-state index contributed by atoms with van der Waals surface area (Å²) in [6.45, 7) is 3.38. The molecule has 1 aromatic rings. The highest BCUT2D eigenvalue weighted by Gasteiger charge is 2.24. The second-order valence-electron chi connectivity index (χ2n) is 3.49. The Bertz CT molecular complexity index is 320. The fraction of sp³-hybridized carbons (Fsp3) is 0.500. The molecule has 0 unspecified atom stereocenters. The molecule has 0 aromatic carbocycles. The Morgan fingerprint density at radius 2 is 2.38 bits per heavy atom. The maximum atomic E-state index is 12.6. The minimum absolute atomic E-state index is 0.0892. The van der Waals surface area contributed by atoms with Crippen LogP contribution in [0.1, 0.15) is 20.3 Å². The Balaban J connectivity index is 2.86. The van der Waals surface area contributed by atoms with Crippen LogP contribution in [0.5, 0.6) is 0 Å². The number of halogens is 1. The third-order valence-electron chi connectivity index (χ3n) is 1.76. The van der Waals surface area contributed by atoms with E-state index in [9.17, 15) is 9.18 Å². The number of aromatic nitrogens is 2. The van der Waals surface area contributed by atoms with Gasteiger partial charge in [-0.2, -0.15) is 5.10 Å². The average molecular weight is 186 g/mol. The number of carbonyl (C=O) groups is 1. The highest BCUT2D eigenvalue weighted by Crippen LogP contribution is 2.18. The van der Waals surface area contributed by atoms with E-state index in [1.165, 1.54) is 10.9 Å². The predicted octanol–water partition coefficient (Wildman–Crippen LogP) is 1.23. The van der Waals surface area contributed by atoms with Crippen molar-refractivity contribution in [3.05, 3.63) is 18.2 Å². The summed E-state index contributed by atoms with van der Waals surface area (Å²) in [5.74, 6) is -1.39. The van der Waals surface area contributed by atoms with Crippen molar-refractivity contribution in [1.82, 2.24) is 9.78 Å². The van der Waals surface area contributed by atoms with Crippen molar-refractivity contribution in [2.24, 2.45) is 0 Å². The number of hydrogen-bond donors (Lipinski definition) is 1. The van der Waals surface area contributed by atoms with Gasteiger partial charge in [-0.15, -0.1) is 0 Å². The van der Waals surface area contributed by atoms with E-state index in [-0.39, 0.29) is 6.42 Å². The van der Waals surface area contributed by atoms with E-state index < -0.39 is 17.3 Å². The van der Waals surface area contributed by atoms with E-state index in [1.807, 2.05) is 0 Å². The molecule has 4 nitrogen and oxygen atoms in total. The summed E-state index contributed by atoms with van der Waals surface area (Å²) in [5.41, 5.74) is -0.698. The van der Waals surface area contributed by atoms with Gasteiger partial charge in [0.1, 0.15) is 0 Å². The second-order valence-corrected chi connectivity index (χ2v) is 3.49. The number of aliphatic carboxylic acids is 1. The Kier molecular flexibility index (Phi) is 2.36. The molecule has 1 aromatic heterocycles. The smallest absolute Gasteiger partial charge is 0.305 e. The van der Waals surface area contributed by atoms with E-state index in [0.29, 0.717) is 0 Å². The van der Waals surface area contributed by atoms with Gasteiger partial charge in [-0.3, -0.25) is 9.48 Å². The van der Waals surface area contributed by atoms with Gasteiger partial charge in [0.05, 0.1) is 24.4 Å². The number of nitrogens with zero attached hydrogens (tertiary/aromatic N) is 2. The summed E-state index contributed by atoms with van der Waals surface area (Å²) in [4.78, 5) is 10.5. The molecular weight excluding hydrogens is 175 g/mol. The second kappa shape index (κ2) is 3.16. The molecule has 72 valence electrons. The zero-order valence-corrected chi connectivity index (χ0v) is 7.49. The highest BCUT2D eigenvalue weighted by atomic mass is 19.1. The normalized spacial score (nSPS) is 11.6. The Hall–Kier alpha value is -1.39. The number of carboxylic acid groups (broad SMARTS) is 1. The Morgan fingerprint density at radius 1 is 1.77 bits per heavy atom. The minimum Gasteiger partial charge on any atom is -0.481 e. The number of rotatable bonds is 3. The predicted molar refractivity (Wildman–Crippen MR) is 43.8 cm³/mol. The first-order chi connectivity index (χ1) is 5.92. The quantitative estimate of drug-likeness (QED) is 0.772. The average Bonchev–Trinajstić information content (AvgIpc) is 2.32. The van der Waals surface area contributed by atoms with Crippen LogP contribution in [0.3, 0.4) is 0 Å². The Morgan fingerprint density at radius 3 is 2.77 bits per heavy atom. The van der Waals surface area contributed by atoms with Crippen LogP contribution in [-0.4, -0.2) is 20.9 Å². The van der Waals surface area contributed by atoms with Gasteiger partial charge in [-0.1, -0.05) is 0 Å². The van der Waals surface area contributed by atoms with Crippen LogP contribution in [0.2, 0.25) is 0 Å². The lowest BCUT2D eigenvalue weighted by atomic mass is 10.0. The van der Waals surface area contributed by atoms with Crippen LogP contribution < -0.4 is 0 Å². The topological polar surface area (TPSA) is 55.1 Å². The van der Waals surface area contributed by atoms with Gasteiger partial charge in [0.15, 0.2) is 5.82 Å². The maximum absolute atomic E-state index is 12.6. The lowest BCUT2D eigenvalue weighted by Crippen LogP contribution is -2.29. The van der Waals surface area contributed by atoms with Crippen LogP contribution in [0.4, 0.5) is 4.39 Å². The molecule has 0 aliphatic rings. The zero-order chi connectivity index (χ0) is 10.1. The molecule has 0 bridgehead atoms. The van der Waals surface area contributed by atoms with E-state index in [1.54, 1.807) is 13.8 Å². The van der Waals surface area contributed by atoms with Gasteiger partial charge in [0.25, 0.3) is 0 Å². The third-order valence-corrected chi connectivity index (χ3v) is 1.76. The van der Waals surface area contributed by atoms with Crippen molar-refractivity contribution < 1.29 is 14.3 Å². The van der Waals surface area contributed by atoms with E-state index in [4.69, 9.17) is 5.11 Å². The van der Waals surface area contributed by atoms with Crippen LogP contribution in [0.15, 0.2) is 12.4 Å². The van der Waals surface area contributed by atoms with Crippen molar-refractivity contribution in [3.8, 4) is 0 Å². The molecule has 0 aliphatic carbocycles. The standard InChI is InChI=1S/C8H11FN2O2/c1-8(2,3-7(12)13)11-5-6(9)4-10-11/h4-5H,3H2,1-2H3,(H,12,13). The summed E-state index contributed by atoms with van der Waals surface area (Å²) in [7, 11) is 0. The van der Waals surface area contributed by atoms with Gasteiger partial charge in [0.2, 0.25) is 0 Å². The lowest BCUT2D eigenvalue weighted by Gasteiger charge is -2.22. The fourth-order valence-corrected chi connectivity index (χ4v) is 1.08. The van der Waals surface area contributed by atoms with Gasteiger partial charge >= 0.3 is 5.97 Å². The van der Waals surface area contributed by atoms with Crippen molar-refractivity contribution in [2.45, 2.75) is 25.8 Å². The summed E-state index contributed by atoms with van der Waals surface area (Å²) < 4.78 is 13.9. The van der Waals surface area contributed by atoms with Crippen LogP contribution in [0.25, 0.3) is 0 Å². The summed E-state index contributed by atoms with van der Waals surface area (Å²) in [6, 6.07) is 0. The van der Waals surface area contributed by atoms with Crippen LogP contribution in [0, 0.1) is 5.82 Å². The molecule has 0 atom stereocenters. The zero-order valence-electron chi connectivity index (χ0n) is 7.49. The molecule has 0 radical (unpaired) electrons. The van der Waals surface area contributed by atoms with Crippen molar-refractivity contribution in [3.63, 3.8) is 0 Å². The van der Waals surface area contributed by atoms with Crippen LogP contribution in [-0.2, 0) is 10.3 Å². The van der Waals surface area contributed by atoms with Gasteiger partial charge in [0, 0.05) is 0 Å². The molecule has 5 heteroatoms. The first-order valence-corrected chi connectivity index (χ1v) is 3.84. The first-order valence-electron chi connectivity index (χ1n) is 3.84. The minimum atomic E-state index is -0.930. The van der Waals surface area contributed by atoms with E-state index in [2.05, 4.69) is 5.10 Å². The van der Waals surface area contributed by atoms with Gasteiger partial charge in [-0.25, -0.2) is 4.39 Å². The Labute approximate surface area is 75.0 Å². The molecule has 1 heterocycles. The molecule has 0 spiro atoms. The van der Waals surface area contributed by atoms with Gasteiger partial charge in [-0.05, 0) is 13.8 Å². The summed E-state index contributed by atoms with van der Waals surface area (Å²) in [6.07, 6.45) is 2.15. The lowest BCUT2D eigenvalue weighted by molar-refractivity contribution is -0.139. The SMILES string of the molecule is CC(C)(CC(=O)O)n1cc(F)cn1. The molecule has 1 rings (SSSR count). The van der Waals surface area contributed by atoms with Crippen molar-refractivity contribution in [2.75, 3.05) is 0 Å².